The lowest BCUT2D eigenvalue weighted by Crippen LogP contribution is -2.33. The summed E-state index contributed by atoms with van der Waals surface area (Å²) in [5, 5.41) is 4.03. The first-order valence-electron chi connectivity index (χ1n) is 8.46. The standard InChI is InChI=1S/C20H18N2O5/c1-11-7-9-12(10-8-11)22-19(23)15-16(21-27-18(15)20(22)24)13-5-4-6-14(25-2)17(13)26-3/h4-10,15,18H,1-3H3. The Morgan fingerprint density at radius 1 is 1.00 bits per heavy atom. The van der Waals surface area contributed by atoms with Gasteiger partial charge in [0.25, 0.3) is 5.91 Å². The van der Waals surface area contributed by atoms with E-state index in [4.69, 9.17) is 14.3 Å². The zero-order chi connectivity index (χ0) is 19.1. The maximum atomic E-state index is 13.1. The van der Waals surface area contributed by atoms with Gasteiger partial charge in [0.1, 0.15) is 11.6 Å². The van der Waals surface area contributed by atoms with Crippen molar-refractivity contribution in [1.82, 2.24) is 0 Å². The fourth-order valence-electron chi connectivity index (χ4n) is 3.44. The number of hydrogen-bond acceptors (Lipinski definition) is 6. The molecule has 2 aliphatic heterocycles. The van der Waals surface area contributed by atoms with Crippen LogP contribution in [0, 0.1) is 12.8 Å². The molecule has 2 heterocycles. The third-order valence-corrected chi connectivity index (χ3v) is 4.78. The molecule has 2 atom stereocenters. The van der Waals surface area contributed by atoms with Crippen molar-refractivity contribution in [2.45, 2.75) is 13.0 Å². The van der Waals surface area contributed by atoms with Crippen molar-refractivity contribution in [2.75, 3.05) is 19.1 Å². The lowest BCUT2D eigenvalue weighted by Gasteiger charge is -2.16. The van der Waals surface area contributed by atoms with E-state index in [1.165, 1.54) is 14.2 Å². The van der Waals surface area contributed by atoms with Crippen molar-refractivity contribution < 1.29 is 23.9 Å². The maximum Gasteiger partial charge on any atom is 0.278 e. The molecule has 7 heteroatoms. The van der Waals surface area contributed by atoms with Gasteiger partial charge in [-0.3, -0.25) is 9.59 Å². The van der Waals surface area contributed by atoms with Gasteiger partial charge in [-0.05, 0) is 31.2 Å². The number of carbonyl (C=O) groups excluding carboxylic acids is 2. The summed E-state index contributed by atoms with van der Waals surface area (Å²) in [5.41, 5.74) is 2.49. The molecule has 1 saturated heterocycles. The monoisotopic (exact) mass is 366 g/mol. The first-order chi connectivity index (χ1) is 13.1. The molecule has 138 valence electrons. The van der Waals surface area contributed by atoms with E-state index in [0.717, 1.165) is 10.5 Å². The van der Waals surface area contributed by atoms with Crippen LogP contribution in [0.4, 0.5) is 5.69 Å². The van der Waals surface area contributed by atoms with Crippen LogP contribution in [-0.4, -0.2) is 37.8 Å². The molecule has 2 amide bonds. The fraction of sp³-hybridized carbons (Fsp3) is 0.250. The van der Waals surface area contributed by atoms with E-state index < -0.39 is 17.9 Å². The van der Waals surface area contributed by atoms with Crippen molar-refractivity contribution in [3.05, 3.63) is 53.6 Å². The lowest BCUT2D eigenvalue weighted by atomic mass is 9.93. The Bertz CT molecular complexity index is 951. The number of fused-ring (bicyclic) bond motifs is 1. The Balaban J connectivity index is 1.74. The number of oxime groups is 1. The van der Waals surface area contributed by atoms with Crippen LogP contribution in [0.5, 0.6) is 11.5 Å². The number of nitrogens with zero attached hydrogens (tertiary/aromatic N) is 2. The molecule has 0 bridgehead atoms. The Kier molecular flexibility index (Phi) is 4.07. The number of rotatable bonds is 4. The van der Waals surface area contributed by atoms with Crippen LogP contribution in [-0.2, 0) is 14.4 Å². The van der Waals surface area contributed by atoms with E-state index >= 15 is 0 Å². The molecule has 0 aliphatic carbocycles. The van der Waals surface area contributed by atoms with Crippen molar-refractivity contribution in [2.24, 2.45) is 11.1 Å². The SMILES string of the molecule is COc1cccc(C2=NOC3C(=O)N(c4ccc(C)cc4)C(=O)C23)c1OC. The zero-order valence-electron chi connectivity index (χ0n) is 15.1. The van der Waals surface area contributed by atoms with Crippen LogP contribution in [0.3, 0.4) is 0 Å². The predicted molar refractivity (Wildman–Crippen MR) is 98.1 cm³/mol. The van der Waals surface area contributed by atoms with Crippen LogP contribution < -0.4 is 14.4 Å². The Morgan fingerprint density at radius 2 is 1.74 bits per heavy atom. The molecule has 0 spiro atoms. The minimum Gasteiger partial charge on any atom is -0.493 e. The van der Waals surface area contributed by atoms with Crippen LogP contribution in [0.25, 0.3) is 0 Å². The molecule has 2 unspecified atom stereocenters. The van der Waals surface area contributed by atoms with Gasteiger partial charge >= 0.3 is 0 Å². The molecular formula is C20H18N2O5. The number of methoxy groups -OCH3 is 2. The van der Waals surface area contributed by atoms with Gasteiger partial charge in [-0.1, -0.05) is 28.9 Å². The number of aryl methyl sites for hydroxylation is 1. The van der Waals surface area contributed by atoms with E-state index in [-0.39, 0.29) is 5.91 Å². The highest BCUT2D eigenvalue weighted by molar-refractivity contribution is 6.32. The number of benzene rings is 2. The molecule has 0 N–H and O–H groups in total. The first-order valence-corrected chi connectivity index (χ1v) is 8.46. The summed E-state index contributed by atoms with van der Waals surface area (Å²) in [7, 11) is 3.04. The molecule has 7 nitrogen and oxygen atoms in total. The number of para-hydroxylation sites is 1. The van der Waals surface area contributed by atoms with Crippen molar-refractivity contribution in [3.8, 4) is 11.5 Å². The number of anilines is 1. The van der Waals surface area contributed by atoms with Gasteiger partial charge < -0.3 is 14.3 Å². The van der Waals surface area contributed by atoms with Crippen LogP contribution >= 0.6 is 0 Å². The molecule has 4 rings (SSSR count). The summed E-state index contributed by atoms with van der Waals surface area (Å²) in [6, 6.07) is 12.5. The molecule has 0 saturated carbocycles. The summed E-state index contributed by atoms with van der Waals surface area (Å²) in [4.78, 5) is 32.4. The lowest BCUT2D eigenvalue weighted by molar-refractivity contribution is -0.126. The van der Waals surface area contributed by atoms with Crippen molar-refractivity contribution >= 4 is 23.2 Å². The molecule has 27 heavy (non-hydrogen) atoms. The van der Waals surface area contributed by atoms with E-state index in [1.54, 1.807) is 30.3 Å². The normalized spacial score (nSPS) is 21.0. The molecule has 0 radical (unpaired) electrons. The van der Waals surface area contributed by atoms with Gasteiger partial charge in [0, 0.05) is 5.56 Å². The van der Waals surface area contributed by atoms with Gasteiger partial charge in [0.05, 0.1) is 19.9 Å². The highest BCUT2D eigenvalue weighted by atomic mass is 16.7. The number of carbonyl (C=O) groups is 2. The number of ether oxygens (including phenoxy) is 2. The Morgan fingerprint density at radius 3 is 2.41 bits per heavy atom. The highest BCUT2D eigenvalue weighted by Crippen LogP contribution is 2.39. The summed E-state index contributed by atoms with van der Waals surface area (Å²) < 4.78 is 10.8. The quantitative estimate of drug-likeness (QED) is 0.776. The molecule has 0 aromatic heterocycles. The van der Waals surface area contributed by atoms with Crippen molar-refractivity contribution in [1.29, 1.82) is 0 Å². The summed E-state index contributed by atoms with van der Waals surface area (Å²) in [5.74, 6) is -0.658. The third-order valence-electron chi connectivity index (χ3n) is 4.78. The second-order valence-corrected chi connectivity index (χ2v) is 6.37. The Hall–Kier alpha value is -3.35. The van der Waals surface area contributed by atoms with Gasteiger partial charge in [-0.15, -0.1) is 0 Å². The van der Waals surface area contributed by atoms with Crippen LogP contribution in [0.15, 0.2) is 47.6 Å². The van der Waals surface area contributed by atoms with Gasteiger partial charge in [-0.25, -0.2) is 4.90 Å². The second kappa shape index (κ2) is 6.42. The second-order valence-electron chi connectivity index (χ2n) is 6.37. The first kappa shape index (κ1) is 17.1. The average molecular weight is 366 g/mol. The molecular weight excluding hydrogens is 348 g/mol. The Labute approximate surface area is 156 Å². The van der Waals surface area contributed by atoms with E-state index in [1.807, 2.05) is 19.1 Å². The van der Waals surface area contributed by atoms with Gasteiger partial charge in [0.15, 0.2) is 11.5 Å². The van der Waals surface area contributed by atoms with E-state index in [2.05, 4.69) is 5.16 Å². The maximum absolute atomic E-state index is 13.1. The zero-order valence-corrected chi connectivity index (χ0v) is 15.1. The van der Waals surface area contributed by atoms with E-state index in [9.17, 15) is 9.59 Å². The fourth-order valence-corrected chi connectivity index (χ4v) is 3.44. The average Bonchev–Trinajstić information content (AvgIpc) is 3.22. The van der Waals surface area contributed by atoms with Gasteiger partial charge in [-0.2, -0.15) is 0 Å². The molecule has 2 aliphatic rings. The molecule has 2 aromatic rings. The topological polar surface area (TPSA) is 77.4 Å². The van der Waals surface area contributed by atoms with Gasteiger partial charge in [0.2, 0.25) is 12.0 Å². The minimum absolute atomic E-state index is 0.365. The van der Waals surface area contributed by atoms with Crippen molar-refractivity contribution in [3.63, 3.8) is 0 Å². The number of hydrogen-bond donors (Lipinski definition) is 0. The molecule has 1 fully saturated rings. The third kappa shape index (κ3) is 2.54. The number of imide groups is 1. The number of amides is 2. The highest BCUT2D eigenvalue weighted by Gasteiger charge is 2.56. The molecule has 2 aromatic carbocycles. The van der Waals surface area contributed by atoms with Crippen LogP contribution in [0.2, 0.25) is 0 Å². The predicted octanol–water partition coefficient (Wildman–Crippen LogP) is 2.30. The summed E-state index contributed by atoms with van der Waals surface area (Å²) in [6.07, 6.45) is -0.968. The largest absolute Gasteiger partial charge is 0.493 e. The smallest absolute Gasteiger partial charge is 0.278 e. The minimum atomic E-state index is -0.968. The van der Waals surface area contributed by atoms with Crippen LogP contribution in [0.1, 0.15) is 11.1 Å². The summed E-state index contributed by atoms with van der Waals surface area (Å²) in [6.45, 7) is 1.94. The summed E-state index contributed by atoms with van der Waals surface area (Å²) >= 11 is 0. The van der Waals surface area contributed by atoms with E-state index in [0.29, 0.717) is 28.5 Å².